The molecule has 0 aliphatic heterocycles. The summed E-state index contributed by atoms with van der Waals surface area (Å²) in [6, 6.07) is 24.0. The minimum Gasteiger partial charge on any atom is -0.507 e. The molecule has 0 bridgehead atoms. The Labute approximate surface area is 221 Å². The lowest BCUT2D eigenvalue weighted by Gasteiger charge is -2.38. The van der Waals surface area contributed by atoms with Gasteiger partial charge in [0, 0.05) is 16.9 Å². The van der Waals surface area contributed by atoms with E-state index in [0.29, 0.717) is 11.5 Å². The first-order valence-electron chi connectivity index (χ1n) is 13.1. The Morgan fingerprint density at radius 1 is 1.00 bits per heavy atom. The molecule has 3 nitrogen and oxygen atoms in total. The standard InChI is InChI=1S/C34H38O3/c1-23-13-12-18-34(5,22-23)24(2)19-28(25-14-8-6-9-15-25)26-20-29(32(36)37)31(35)30(21-26)33(3,4)27-16-10-7-11-17-27/h6-18,20-21,24,28,35H,19,22H2,1-5H3,(H,36,37). The van der Waals surface area contributed by atoms with Crippen LogP contribution in [0, 0.1) is 11.3 Å². The fourth-order valence-corrected chi connectivity index (χ4v) is 5.77. The van der Waals surface area contributed by atoms with Crippen molar-refractivity contribution in [2.24, 2.45) is 11.3 Å². The summed E-state index contributed by atoms with van der Waals surface area (Å²) in [5.74, 6) is -0.956. The monoisotopic (exact) mass is 494 g/mol. The van der Waals surface area contributed by atoms with Gasteiger partial charge in [-0.1, -0.05) is 118 Å². The maximum Gasteiger partial charge on any atom is 0.339 e. The van der Waals surface area contributed by atoms with Crippen molar-refractivity contribution in [3.63, 3.8) is 0 Å². The number of aromatic carboxylic acids is 1. The topological polar surface area (TPSA) is 57.5 Å². The molecule has 0 radical (unpaired) electrons. The lowest BCUT2D eigenvalue weighted by Crippen LogP contribution is -2.27. The third kappa shape index (κ3) is 5.41. The van der Waals surface area contributed by atoms with Crippen molar-refractivity contribution in [1.82, 2.24) is 0 Å². The molecule has 37 heavy (non-hydrogen) atoms. The zero-order valence-electron chi connectivity index (χ0n) is 22.5. The molecule has 0 spiro atoms. The van der Waals surface area contributed by atoms with E-state index in [1.54, 1.807) is 6.07 Å². The SMILES string of the molecule is CC1=CC=CC(C)(C(C)CC(c2ccccc2)c2cc(C(=O)O)c(O)c(C(C)(C)c3ccccc3)c2)C1. The minimum atomic E-state index is -1.12. The van der Waals surface area contributed by atoms with Gasteiger partial charge >= 0.3 is 5.97 Å². The Hall–Kier alpha value is -3.59. The van der Waals surface area contributed by atoms with E-state index >= 15 is 0 Å². The highest BCUT2D eigenvalue weighted by Gasteiger charge is 2.35. The molecule has 3 aromatic rings. The van der Waals surface area contributed by atoms with Gasteiger partial charge in [-0.25, -0.2) is 4.79 Å². The summed E-state index contributed by atoms with van der Waals surface area (Å²) < 4.78 is 0. The normalized spacial score (nSPS) is 19.2. The molecule has 0 saturated carbocycles. The summed E-state index contributed by atoms with van der Waals surface area (Å²) >= 11 is 0. The maximum absolute atomic E-state index is 12.3. The molecule has 1 aliphatic carbocycles. The van der Waals surface area contributed by atoms with E-state index in [1.165, 1.54) is 5.57 Å². The second-order valence-electron chi connectivity index (χ2n) is 11.4. The van der Waals surface area contributed by atoms with Crippen LogP contribution in [0.3, 0.4) is 0 Å². The number of aromatic hydroxyl groups is 1. The van der Waals surface area contributed by atoms with Crippen LogP contribution in [0.15, 0.2) is 96.6 Å². The van der Waals surface area contributed by atoms with Crippen molar-refractivity contribution in [1.29, 1.82) is 0 Å². The Morgan fingerprint density at radius 3 is 2.22 bits per heavy atom. The van der Waals surface area contributed by atoms with Gasteiger partial charge in [-0.05, 0) is 53.9 Å². The number of phenols is 1. The van der Waals surface area contributed by atoms with Gasteiger partial charge in [0.1, 0.15) is 11.3 Å². The van der Waals surface area contributed by atoms with Crippen molar-refractivity contribution >= 4 is 5.97 Å². The Balaban J connectivity index is 1.85. The molecule has 3 aromatic carbocycles. The third-order valence-corrected chi connectivity index (χ3v) is 8.37. The Bertz CT molecular complexity index is 1320. The van der Waals surface area contributed by atoms with Gasteiger partial charge in [-0.2, -0.15) is 0 Å². The van der Waals surface area contributed by atoms with Gasteiger partial charge in [-0.3, -0.25) is 0 Å². The van der Waals surface area contributed by atoms with E-state index in [9.17, 15) is 15.0 Å². The van der Waals surface area contributed by atoms with Crippen LogP contribution in [0.25, 0.3) is 0 Å². The molecule has 0 saturated heterocycles. The van der Waals surface area contributed by atoms with Crippen molar-refractivity contribution < 1.29 is 15.0 Å². The van der Waals surface area contributed by atoms with E-state index in [2.05, 4.69) is 51.1 Å². The van der Waals surface area contributed by atoms with Crippen LogP contribution >= 0.6 is 0 Å². The number of hydrogen-bond donors (Lipinski definition) is 2. The molecule has 192 valence electrons. The van der Waals surface area contributed by atoms with Gasteiger partial charge in [0.05, 0.1) is 0 Å². The predicted molar refractivity (Wildman–Crippen MR) is 151 cm³/mol. The summed E-state index contributed by atoms with van der Waals surface area (Å²) in [7, 11) is 0. The molecule has 0 fully saturated rings. The van der Waals surface area contributed by atoms with Crippen LogP contribution in [0.1, 0.15) is 86.0 Å². The van der Waals surface area contributed by atoms with Gasteiger partial charge < -0.3 is 10.2 Å². The molecular weight excluding hydrogens is 456 g/mol. The fraction of sp³-hybridized carbons (Fsp3) is 0.324. The summed E-state index contributed by atoms with van der Waals surface area (Å²) in [6.07, 6.45) is 8.52. The molecule has 0 amide bonds. The second-order valence-corrected chi connectivity index (χ2v) is 11.4. The van der Waals surface area contributed by atoms with Crippen LogP contribution < -0.4 is 0 Å². The summed E-state index contributed by atoms with van der Waals surface area (Å²) in [5, 5.41) is 21.3. The molecule has 3 atom stereocenters. The number of allylic oxidation sites excluding steroid dienone is 4. The van der Waals surface area contributed by atoms with Crippen LogP contribution in [0.2, 0.25) is 0 Å². The summed E-state index contributed by atoms with van der Waals surface area (Å²) in [4.78, 5) is 12.3. The number of carboxylic acids is 1. The second kappa shape index (κ2) is 10.4. The molecule has 0 heterocycles. The first-order valence-corrected chi connectivity index (χ1v) is 13.1. The van der Waals surface area contributed by atoms with E-state index in [0.717, 1.165) is 29.5 Å². The zero-order chi connectivity index (χ0) is 26.8. The highest BCUT2D eigenvalue weighted by atomic mass is 16.4. The fourth-order valence-electron chi connectivity index (χ4n) is 5.77. The quantitative estimate of drug-likeness (QED) is 0.330. The molecule has 3 heteroatoms. The predicted octanol–water partition coefficient (Wildman–Crippen LogP) is 8.49. The summed E-state index contributed by atoms with van der Waals surface area (Å²) in [5.41, 5.74) is 4.47. The molecule has 3 unspecified atom stereocenters. The number of hydrogen-bond acceptors (Lipinski definition) is 2. The number of benzene rings is 3. The average Bonchev–Trinajstić information content (AvgIpc) is 2.88. The maximum atomic E-state index is 12.3. The van der Waals surface area contributed by atoms with Crippen LogP contribution in [-0.2, 0) is 5.41 Å². The lowest BCUT2D eigenvalue weighted by atomic mass is 9.67. The number of carbonyl (C=O) groups is 1. The van der Waals surface area contributed by atoms with E-state index < -0.39 is 11.4 Å². The molecule has 2 N–H and O–H groups in total. The van der Waals surface area contributed by atoms with Crippen molar-refractivity contribution in [3.05, 3.63) is 124 Å². The molecule has 4 rings (SSSR count). The van der Waals surface area contributed by atoms with Crippen molar-refractivity contribution in [2.75, 3.05) is 0 Å². The highest BCUT2D eigenvalue weighted by molar-refractivity contribution is 5.92. The van der Waals surface area contributed by atoms with Gasteiger partial charge in [0.2, 0.25) is 0 Å². The van der Waals surface area contributed by atoms with Crippen LogP contribution in [0.4, 0.5) is 0 Å². The first kappa shape index (κ1) is 26.5. The Kier molecular flexibility index (Phi) is 7.45. The third-order valence-electron chi connectivity index (χ3n) is 8.37. The van der Waals surface area contributed by atoms with Gasteiger partial charge in [0.15, 0.2) is 0 Å². The minimum absolute atomic E-state index is 0.0170. The lowest BCUT2D eigenvalue weighted by molar-refractivity contribution is 0.0693. The van der Waals surface area contributed by atoms with Crippen LogP contribution in [0.5, 0.6) is 5.75 Å². The summed E-state index contributed by atoms with van der Waals surface area (Å²) in [6.45, 7) is 10.9. The highest BCUT2D eigenvalue weighted by Crippen LogP contribution is 2.46. The molecule has 1 aliphatic rings. The average molecular weight is 495 g/mol. The van der Waals surface area contributed by atoms with Crippen molar-refractivity contribution in [2.45, 2.75) is 58.8 Å². The first-order chi connectivity index (χ1) is 17.5. The Morgan fingerprint density at radius 2 is 1.62 bits per heavy atom. The zero-order valence-corrected chi connectivity index (χ0v) is 22.5. The molecular formula is C34H38O3. The number of rotatable bonds is 8. The van der Waals surface area contributed by atoms with Gasteiger partial charge in [0.25, 0.3) is 0 Å². The van der Waals surface area contributed by atoms with E-state index in [1.807, 2.05) is 68.4 Å². The smallest absolute Gasteiger partial charge is 0.339 e. The molecule has 0 aromatic heterocycles. The largest absolute Gasteiger partial charge is 0.507 e. The number of carboxylic acid groups (broad SMARTS) is 1. The van der Waals surface area contributed by atoms with Gasteiger partial charge in [-0.15, -0.1) is 0 Å². The van der Waals surface area contributed by atoms with Crippen LogP contribution in [-0.4, -0.2) is 16.2 Å². The van der Waals surface area contributed by atoms with E-state index in [4.69, 9.17) is 0 Å². The van der Waals surface area contributed by atoms with Crippen molar-refractivity contribution in [3.8, 4) is 5.75 Å². The van der Waals surface area contributed by atoms with E-state index in [-0.39, 0.29) is 22.6 Å².